The third-order valence-electron chi connectivity index (χ3n) is 3.16. The van der Waals surface area contributed by atoms with Crippen LogP contribution in [0.25, 0.3) is 10.8 Å². The highest BCUT2D eigenvalue weighted by Crippen LogP contribution is 2.24. The van der Waals surface area contributed by atoms with Gasteiger partial charge in [0.1, 0.15) is 5.82 Å². The van der Waals surface area contributed by atoms with E-state index in [1.807, 2.05) is 30.5 Å². The Balaban J connectivity index is 1.89. The number of aromatic nitrogens is 1. The summed E-state index contributed by atoms with van der Waals surface area (Å²) in [6.45, 7) is 0.548. The summed E-state index contributed by atoms with van der Waals surface area (Å²) in [7, 11) is 0. The fraction of sp³-hybridized carbons (Fsp3) is 0.0625. The van der Waals surface area contributed by atoms with Crippen molar-refractivity contribution in [3.63, 3.8) is 0 Å². The predicted octanol–water partition coefficient (Wildman–Crippen LogP) is 4.75. The molecule has 0 amide bonds. The second-order valence-electron chi connectivity index (χ2n) is 4.49. The normalized spacial score (nSPS) is 10.7. The Morgan fingerprint density at radius 1 is 1.15 bits per heavy atom. The molecular formula is C16H12BrFN2. The fourth-order valence-electron chi connectivity index (χ4n) is 2.14. The monoisotopic (exact) mass is 330 g/mol. The van der Waals surface area contributed by atoms with Crippen molar-refractivity contribution in [2.75, 3.05) is 5.32 Å². The molecule has 1 N–H and O–H groups in total. The summed E-state index contributed by atoms with van der Waals surface area (Å²) in [4.78, 5) is 4.15. The van der Waals surface area contributed by atoms with E-state index in [4.69, 9.17) is 0 Å². The third-order valence-corrected chi connectivity index (χ3v) is 3.93. The van der Waals surface area contributed by atoms with Crippen LogP contribution in [0.3, 0.4) is 0 Å². The number of nitrogens with zero attached hydrogens (tertiary/aromatic N) is 1. The molecule has 0 bridgehead atoms. The van der Waals surface area contributed by atoms with Gasteiger partial charge in [-0.3, -0.25) is 4.98 Å². The molecule has 3 aromatic rings. The van der Waals surface area contributed by atoms with E-state index in [0.29, 0.717) is 6.54 Å². The number of pyridine rings is 1. The number of fused-ring (bicyclic) bond motifs is 1. The van der Waals surface area contributed by atoms with Gasteiger partial charge in [-0.25, -0.2) is 4.39 Å². The van der Waals surface area contributed by atoms with Crippen molar-refractivity contribution in [2.45, 2.75) is 6.54 Å². The van der Waals surface area contributed by atoms with E-state index in [1.165, 1.54) is 12.1 Å². The molecule has 4 heteroatoms. The molecule has 2 aromatic carbocycles. The maximum Gasteiger partial charge on any atom is 0.123 e. The molecule has 0 saturated carbocycles. The number of rotatable bonds is 3. The lowest BCUT2D eigenvalue weighted by molar-refractivity contribution is 0.625. The number of nitrogens with one attached hydrogen (secondary N) is 1. The van der Waals surface area contributed by atoms with Crippen molar-refractivity contribution in [3.05, 3.63) is 70.7 Å². The average molecular weight is 331 g/mol. The van der Waals surface area contributed by atoms with Gasteiger partial charge in [0.25, 0.3) is 0 Å². The summed E-state index contributed by atoms with van der Waals surface area (Å²) >= 11 is 3.43. The minimum absolute atomic E-state index is 0.232. The first-order chi connectivity index (χ1) is 9.74. The number of hydrogen-bond acceptors (Lipinski definition) is 2. The van der Waals surface area contributed by atoms with Crippen LogP contribution in [0.1, 0.15) is 5.56 Å². The Morgan fingerprint density at radius 3 is 2.95 bits per heavy atom. The van der Waals surface area contributed by atoms with Crippen molar-refractivity contribution in [1.82, 2.24) is 4.98 Å². The number of hydrogen-bond donors (Lipinski definition) is 1. The fourth-order valence-corrected chi connectivity index (χ4v) is 2.52. The van der Waals surface area contributed by atoms with E-state index in [1.54, 1.807) is 12.3 Å². The largest absolute Gasteiger partial charge is 0.380 e. The molecule has 2 nitrogen and oxygen atoms in total. The van der Waals surface area contributed by atoms with Crippen LogP contribution >= 0.6 is 15.9 Å². The molecule has 1 aromatic heterocycles. The van der Waals surface area contributed by atoms with Gasteiger partial charge in [0.2, 0.25) is 0 Å². The zero-order chi connectivity index (χ0) is 13.9. The Hall–Kier alpha value is -1.94. The molecule has 0 atom stereocenters. The average Bonchev–Trinajstić information content (AvgIpc) is 2.48. The zero-order valence-electron chi connectivity index (χ0n) is 10.6. The SMILES string of the molecule is Fc1ccc(Br)c(CNc2cccc3ccncc23)c1. The van der Waals surface area contributed by atoms with Gasteiger partial charge in [0.15, 0.2) is 0 Å². The molecule has 0 saturated heterocycles. The highest BCUT2D eigenvalue weighted by molar-refractivity contribution is 9.10. The summed E-state index contributed by atoms with van der Waals surface area (Å²) in [6.07, 6.45) is 3.60. The summed E-state index contributed by atoms with van der Waals surface area (Å²) < 4.78 is 14.2. The first-order valence-corrected chi connectivity index (χ1v) is 7.04. The van der Waals surface area contributed by atoms with Crippen molar-refractivity contribution >= 4 is 32.4 Å². The second kappa shape index (κ2) is 5.59. The van der Waals surface area contributed by atoms with Crippen LogP contribution in [-0.2, 0) is 6.54 Å². The van der Waals surface area contributed by atoms with Crippen LogP contribution in [0.5, 0.6) is 0 Å². The molecule has 0 spiro atoms. The molecule has 0 radical (unpaired) electrons. The quantitative estimate of drug-likeness (QED) is 0.749. The Labute approximate surface area is 124 Å². The molecule has 20 heavy (non-hydrogen) atoms. The number of anilines is 1. The third kappa shape index (κ3) is 2.65. The van der Waals surface area contributed by atoms with E-state index in [0.717, 1.165) is 26.5 Å². The summed E-state index contributed by atoms with van der Waals surface area (Å²) in [5, 5.41) is 5.52. The molecule has 0 unspecified atom stereocenters. The first kappa shape index (κ1) is 13.1. The van der Waals surface area contributed by atoms with Crippen molar-refractivity contribution < 1.29 is 4.39 Å². The minimum atomic E-state index is -0.232. The van der Waals surface area contributed by atoms with Crippen LogP contribution < -0.4 is 5.32 Å². The van der Waals surface area contributed by atoms with E-state index in [9.17, 15) is 4.39 Å². The van der Waals surface area contributed by atoms with Crippen molar-refractivity contribution in [1.29, 1.82) is 0 Å². The van der Waals surface area contributed by atoms with Gasteiger partial charge in [-0.15, -0.1) is 0 Å². The Kier molecular flexibility index (Phi) is 3.65. The minimum Gasteiger partial charge on any atom is -0.380 e. The van der Waals surface area contributed by atoms with Crippen molar-refractivity contribution in [2.24, 2.45) is 0 Å². The lowest BCUT2D eigenvalue weighted by atomic mass is 10.1. The molecule has 3 rings (SSSR count). The maximum absolute atomic E-state index is 13.3. The second-order valence-corrected chi connectivity index (χ2v) is 5.35. The van der Waals surface area contributed by atoms with Gasteiger partial charge in [-0.2, -0.15) is 0 Å². The lowest BCUT2D eigenvalue weighted by Gasteiger charge is -2.11. The number of halogens is 2. The molecule has 0 aliphatic carbocycles. The Morgan fingerprint density at radius 2 is 2.05 bits per heavy atom. The molecule has 1 heterocycles. The molecule has 0 fully saturated rings. The van der Waals surface area contributed by atoms with E-state index in [-0.39, 0.29) is 5.82 Å². The van der Waals surface area contributed by atoms with Crippen LogP contribution in [-0.4, -0.2) is 4.98 Å². The van der Waals surface area contributed by atoms with Gasteiger partial charge in [-0.05, 0) is 41.3 Å². The summed E-state index contributed by atoms with van der Waals surface area (Å²) in [5.41, 5.74) is 1.87. The lowest BCUT2D eigenvalue weighted by Crippen LogP contribution is -2.01. The van der Waals surface area contributed by atoms with E-state index in [2.05, 4.69) is 26.2 Å². The molecular weight excluding hydrogens is 319 g/mol. The summed E-state index contributed by atoms with van der Waals surface area (Å²) in [5.74, 6) is -0.232. The molecule has 0 aliphatic heterocycles. The van der Waals surface area contributed by atoms with Gasteiger partial charge < -0.3 is 5.32 Å². The first-order valence-electron chi connectivity index (χ1n) is 6.24. The van der Waals surface area contributed by atoms with Crippen molar-refractivity contribution in [3.8, 4) is 0 Å². The number of benzene rings is 2. The highest BCUT2D eigenvalue weighted by Gasteiger charge is 2.04. The van der Waals surface area contributed by atoms with Gasteiger partial charge in [0.05, 0.1) is 0 Å². The van der Waals surface area contributed by atoms with Crippen LogP contribution in [0.4, 0.5) is 10.1 Å². The molecule has 100 valence electrons. The van der Waals surface area contributed by atoms with E-state index >= 15 is 0 Å². The van der Waals surface area contributed by atoms with Crippen LogP contribution in [0, 0.1) is 5.82 Å². The molecule has 0 aliphatic rings. The smallest absolute Gasteiger partial charge is 0.123 e. The zero-order valence-corrected chi connectivity index (χ0v) is 12.2. The summed E-state index contributed by atoms with van der Waals surface area (Å²) in [6, 6.07) is 12.7. The van der Waals surface area contributed by atoms with E-state index < -0.39 is 0 Å². The maximum atomic E-state index is 13.3. The van der Waals surface area contributed by atoms with Crippen LogP contribution in [0.15, 0.2) is 59.3 Å². The van der Waals surface area contributed by atoms with Gasteiger partial charge >= 0.3 is 0 Å². The van der Waals surface area contributed by atoms with Gasteiger partial charge in [0, 0.05) is 34.5 Å². The standard InChI is InChI=1S/C16H12BrFN2/c17-15-5-4-13(18)8-12(15)9-20-16-3-1-2-11-6-7-19-10-14(11)16/h1-8,10,20H,9H2. The van der Waals surface area contributed by atoms with Crippen LogP contribution in [0.2, 0.25) is 0 Å². The topological polar surface area (TPSA) is 24.9 Å². The van der Waals surface area contributed by atoms with Gasteiger partial charge in [-0.1, -0.05) is 28.1 Å². The highest BCUT2D eigenvalue weighted by atomic mass is 79.9. The Bertz CT molecular complexity index is 753. The predicted molar refractivity (Wildman–Crippen MR) is 83.2 cm³/mol.